The highest BCUT2D eigenvalue weighted by Crippen LogP contribution is 2.45. The zero-order valence-corrected chi connectivity index (χ0v) is 37.4. The molecule has 0 spiro atoms. The maximum absolute atomic E-state index is 5.45. The van der Waals surface area contributed by atoms with Gasteiger partial charge >= 0.3 is 0 Å². The third-order valence-corrected chi connectivity index (χ3v) is 13.9. The molecule has 0 aliphatic carbocycles. The van der Waals surface area contributed by atoms with Crippen molar-refractivity contribution in [3.63, 3.8) is 0 Å². The van der Waals surface area contributed by atoms with E-state index in [0.29, 0.717) is 17.5 Å². The average molecular weight is 877 g/mol. The highest BCUT2D eigenvalue weighted by Gasteiger charge is 2.24. The van der Waals surface area contributed by atoms with Crippen LogP contribution in [-0.2, 0) is 0 Å². The molecule has 4 heteroatoms. The fourth-order valence-corrected chi connectivity index (χ4v) is 10.5. The standard InChI is InChI=1S/C65H40N4/c1-2-15-41(16-3-1)46-25-14-26-51(33-46)56-40-59(65-67-63(52-31-29-42-17-4-6-19-44(42)34-52)66-64(68-65)53-32-30-43-18-5-7-20-45(43)35-53)54-27-12-13-28-55(54)62(56)69-60-38-49-23-10-8-21-47(49)36-57(60)58-37-48-22-9-11-24-50(48)39-61(58)69/h1-40H. The Balaban J connectivity index is 1.11. The van der Waals surface area contributed by atoms with Crippen molar-refractivity contribution in [2.45, 2.75) is 0 Å². The minimum atomic E-state index is 0.610. The van der Waals surface area contributed by atoms with Crippen LogP contribution in [0.5, 0.6) is 0 Å². The van der Waals surface area contributed by atoms with E-state index in [1.807, 2.05) is 0 Å². The van der Waals surface area contributed by atoms with Crippen LogP contribution in [-0.4, -0.2) is 19.5 Å². The molecule has 2 aromatic heterocycles. The van der Waals surface area contributed by atoms with Gasteiger partial charge in [0.1, 0.15) is 0 Å². The molecule has 0 aliphatic rings. The molecule has 0 saturated heterocycles. The number of benzene rings is 12. The number of fused-ring (bicyclic) bond motifs is 8. The monoisotopic (exact) mass is 876 g/mol. The Kier molecular flexibility index (Phi) is 8.86. The summed E-state index contributed by atoms with van der Waals surface area (Å²) in [5.41, 5.74) is 10.7. The highest BCUT2D eigenvalue weighted by molar-refractivity contribution is 6.19. The molecule has 0 bridgehead atoms. The van der Waals surface area contributed by atoms with Crippen molar-refractivity contribution in [2.24, 2.45) is 0 Å². The molecule has 2 heterocycles. The van der Waals surface area contributed by atoms with Gasteiger partial charge in [-0.25, -0.2) is 15.0 Å². The van der Waals surface area contributed by atoms with Crippen LogP contribution in [0.4, 0.5) is 0 Å². The second-order valence-corrected chi connectivity index (χ2v) is 18.0. The lowest BCUT2D eigenvalue weighted by Crippen LogP contribution is -2.04. The Labute approximate surface area is 398 Å². The van der Waals surface area contributed by atoms with Crippen LogP contribution in [0.2, 0.25) is 0 Å². The molecule has 0 aliphatic heterocycles. The average Bonchev–Trinajstić information content (AvgIpc) is 3.72. The molecule has 14 aromatic rings. The Morgan fingerprint density at radius 3 is 1.23 bits per heavy atom. The summed E-state index contributed by atoms with van der Waals surface area (Å²) in [6, 6.07) is 87.5. The fraction of sp³-hybridized carbons (Fsp3) is 0. The van der Waals surface area contributed by atoms with E-state index in [1.54, 1.807) is 0 Å². The van der Waals surface area contributed by atoms with Crippen molar-refractivity contribution in [2.75, 3.05) is 0 Å². The predicted molar refractivity (Wildman–Crippen MR) is 289 cm³/mol. The molecule has 0 saturated carbocycles. The smallest absolute Gasteiger partial charge is 0.164 e. The maximum atomic E-state index is 5.45. The normalized spacial score (nSPS) is 11.8. The van der Waals surface area contributed by atoms with Gasteiger partial charge in [0.25, 0.3) is 0 Å². The molecule has 0 radical (unpaired) electrons. The minimum absolute atomic E-state index is 0.610. The van der Waals surface area contributed by atoms with Gasteiger partial charge < -0.3 is 4.57 Å². The minimum Gasteiger partial charge on any atom is -0.308 e. The van der Waals surface area contributed by atoms with Crippen molar-refractivity contribution < 1.29 is 0 Å². The Bertz CT molecular complexity index is 4190. The van der Waals surface area contributed by atoms with E-state index in [2.05, 4.69) is 247 Å². The number of hydrogen-bond donors (Lipinski definition) is 0. The van der Waals surface area contributed by atoms with E-state index < -0.39 is 0 Å². The van der Waals surface area contributed by atoms with Gasteiger partial charge in [0, 0.05) is 38.4 Å². The van der Waals surface area contributed by atoms with Crippen molar-refractivity contribution >= 4 is 75.7 Å². The first kappa shape index (κ1) is 39.0. The lowest BCUT2D eigenvalue weighted by molar-refractivity contribution is 1.08. The van der Waals surface area contributed by atoms with Crippen LogP contribution in [0.1, 0.15) is 0 Å². The number of nitrogens with zero attached hydrogens (tertiary/aromatic N) is 4. The first-order chi connectivity index (χ1) is 34.2. The Hall–Kier alpha value is -9.25. The molecule has 0 atom stereocenters. The number of aromatic nitrogens is 4. The van der Waals surface area contributed by atoms with E-state index in [1.165, 1.54) is 43.1 Å². The molecular formula is C65H40N4. The lowest BCUT2D eigenvalue weighted by Gasteiger charge is -2.21. The third-order valence-electron chi connectivity index (χ3n) is 13.9. The molecule has 12 aromatic carbocycles. The highest BCUT2D eigenvalue weighted by atomic mass is 15.0. The SMILES string of the molecule is c1ccc(-c2cccc(-c3cc(-c4nc(-c5ccc6ccccc6c5)nc(-c5ccc6ccccc6c5)n4)c4ccccc4c3-n3c4cc5ccccc5cc4c4cc5ccccc5cc43)c2)cc1. The third kappa shape index (κ3) is 6.57. The van der Waals surface area contributed by atoms with Crippen LogP contribution >= 0.6 is 0 Å². The topological polar surface area (TPSA) is 43.6 Å². The van der Waals surface area contributed by atoms with Crippen molar-refractivity contribution in [1.29, 1.82) is 0 Å². The van der Waals surface area contributed by atoms with E-state index in [9.17, 15) is 0 Å². The summed E-state index contributed by atoms with van der Waals surface area (Å²) >= 11 is 0. The Morgan fingerprint density at radius 1 is 0.232 bits per heavy atom. The zero-order chi connectivity index (χ0) is 45.4. The molecule has 0 amide bonds. The summed E-state index contributed by atoms with van der Waals surface area (Å²) in [6.45, 7) is 0. The Morgan fingerprint density at radius 2 is 0.667 bits per heavy atom. The van der Waals surface area contributed by atoms with Crippen LogP contribution in [0, 0.1) is 0 Å². The molecule has 4 nitrogen and oxygen atoms in total. The number of hydrogen-bond acceptors (Lipinski definition) is 3. The van der Waals surface area contributed by atoms with Crippen LogP contribution in [0.3, 0.4) is 0 Å². The van der Waals surface area contributed by atoms with Gasteiger partial charge in [-0.3, -0.25) is 0 Å². The van der Waals surface area contributed by atoms with Crippen LogP contribution < -0.4 is 0 Å². The molecule has 14 rings (SSSR count). The first-order valence-corrected chi connectivity index (χ1v) is 23.5. The van der Waals surface area contributed by atoms with Gasteiger partial charge in [-0.1, -0.05) is 194 Å². The quantitative estimate of drug-likeness (QED) is 0.167. The van der Waals surface area contributed by atoms with Gasteiger partial charge in [0.05, 0.1) is 16.7 Å². The van der Waals surface area contributed by atoms with Crippen molar-refractivity contribution in [3.05, 3.63) is 243 Å². The summed E-state index contributed by atoms with van der Waals surface area (Å²) in [5.74, 6) is 1.85. The molecule has 320 valence electrons. The van der Waals surface area contributed by atoms with E-state index >= 15 is 0 Å². The van der Waals surface area contributed by atoms with Gasteiger partial charge in [-0.15, -0.1) is 0 Å². The van der Waals surface area contributed by atoms with Crippen molar-refractivity contribution in [3.8, 4) is 62.1 Å². The fourth-order valence-electron chi connectivity index (χ4n) is 10.5. The van der Waals surface area contributed by atoms with E-state index in [4.69, 9.17) is 15.0 Å². The summed E-state index contributed by atoms with van der Waals surface area (Å²) in [6.07, 6.45) is 0. The van der Waals surface area contributed by atoms with Crippen LogP contribution in [0.15, 0.2) is 243 Å². The zero-order valence-electron chi connectivity index (χ0n) is 37.4. The lowest BCUT2D eigenvalue weighted by atomic mass is 9.91. The van der Waals surface area contributed by atoms with Gasteiger partial charge in [0.15, 0.2) is 17.5 Å². The summed E-state index contributed by atoms with van der Waals surface area (Å²) in [4.78, 5) is 16.2. The second-order valence-electron chi connectivity index (χ2n) is 18.0. The van der Waals surface area contributed by atoms with E-state index in [0.717, 1.165) is 77.2 Å². The van der Waals surface area contributed by atoms with Gasteiger partial charge in [-0.05, 0) is 114 Å². The first-order valence-electron chi connectivity index (χ1n) is 23.5. The van der Waals surface area contributed by atoms with Gasteiger partial charge in [-0.2, -0.15) is 0 Å². The van der Waals surface area contributed by atoms with E-state index in [-0.39, 0.29) is 0 Å². The maximum Gasteiger partial charge on any atom is 0.164 e. The molecule has 0 unspecified atom stereocenters. The van der Waals surface area contributed by atoms with Crippen LogP contribution in [0.25, 0.3) is 138 Å². The molecule has 0 N–H and O–H groups in total. The molecule has 69 heavy (non-hydrogen) atoms. The summed E-state index contributed by atoms with van der Waals surface area (Å²) in [5, 5.41) is 14.0. The molecular weight excluding hydrogens is 837 g/mol. The molecule has 0 fully saturated rings. The predicted octanol–water partition coefficient (Wildman–Crippen LogP) is 17.1. The number of rotatable bonds is 6. The second kappa shape index (κ2) is 15.7. The van der Waals surface area contributed by atoms with Crippen molar-refractivity contribution in [1.82, 2.24) is 19.5 Å². The van der Waals surface area contributed by atoms with Gasteiger partial charge in [0.2, 0.25) is 0 Å². The summed E-state index contributed by atoms with van der Waals surface area (Å²) in [7, 11) is 0. The largest absolute Gasteiger partial charge is 0.308 e. The summed E-state index contributed by atoms with van der Waals surface area (Å²) < 4.78 is 2.52.